The van der Waals surface area contributed by atoms with Gasteiger partial charge in [0.05, 0.1) is 10.5 Å². The second-order valence-electron chi connectivity index (χ2n) is 4.03. The normalized spacial score (nSPS) is 10.2. The molecule has 0 radical (unpaired) electrons. The molecule has 0 atom stereocenters. The van der Waals surface area contributed by atoms with E-state index in [0.29, 0.717) is 0 Å². The maximum absolute atomic E-state index is 13.2. The Hall–Kier alpha value is -2.67. The molecule has 0 amide bonds. The van der Waals surface area contributed by atoms with Crippen LogP contribution in [0.2, 0.25) is 5.02 Å². The molecule has 0 aliphatic carbocycles. The molecular formula is C13H9ClFN3O3. The van der Waals surface area contributed by atoms with Crippen LogP contribution in [0.1, 0.15) is 5.56 Å². The van der Waals surface area contributed by atoms with E-state index in [1.165, 1.54) is 24.3 Å². The SMILES string of the molecule is N=C(N)c1cc(F)ccc1Oc1cc(Cl)ccc1[N+](=O)[O-]. The summed E-state index contributed by atoms with van der Waals surface area (Å²) in [4.78, 5) is 10.3. The number of nitrogens with zero attached hydrogens (tertiary/aromatic N) is 1. The van der Waals surface area contributed by atoms with Crippen molar-refractivity contribution in [1.82, 2.24) is 0 Å². The van der Waals surface area contributed by atoms with E-state index in [0.717, 1.165) is 12.1 Å². The molecule has 0 fully saturated rings. The smallest absolute Gasteiger partial charge is 0.311 e. The summed E-state index contributed by atoms with van der Waals surface area (Å²) in [7, 11) is 0. The number of nitrogen functional groups attached to an aromatic ring is 1. The molecule has 0 saturated heterocycles. The summed E-state index contributed by atoms with van der Waals surface area (Å²) in [5.74, 6) is -1.13. The van der Waals surface area contributed by atoms with E-state index in [1.54, 1.807) is 0 Å². The zero-order valence-electron chi connectivity index (χ0n) is 10.5. The summed E-state index contributed by atoms with van der Waals surface area (Å²) in [6.07, 6.45) is 0. The van der Waals surface area contributed by atoms with E-state index in [1.807, 2.05) is 0 Å². The molecule has 0 saturated carbocycles. The van der Waals surface area contributed by atoms with E-state index < -0.39 is 16.6 Å². The molecule has 0 aliphatic heterocycles. The van der Waals surface area contributed by atoms with Gasteiger partial charge in [-0.1, -0.05) is 11.6 Å². The largest absolute Gasteiger partial charge is 0.449 e. The van der Waals surface area contributed by atoms with E-state index in [-0.39, 0.29) is 27.8 Å². The highest BCUT2D eigenvalue weighted by molar-refractivity contribution is 6.30. The predicted octanol–water partition coefficient (Wildman–Crippen LogP) is 3.46. The lowest BCUT2D eigenvalue weighted by Crippen LogP contribution is -2.12. The first kappa shape index (κ1) is 14.7. The van der Waals surface area contributed by atoms with Gasteiger partial charge in [0.2, 0.25) is 5.75 Å². The number of amidine groups is 1. The van der Waals surface area contributed by atoms with Crippen molar-refractivity contribution in [1.29, 1.82) is 5.41 Å². The second-order valence-corrected chi connectivity index (χ2v) is 4.46. The highest BCUT2D eigenvalue weighted by Gasteiger charge is 2.18. The van der Waals surface area contributed by atoms with Crippen LogP contribution in [0.4, 0.5) is 10.1 Å². The zero-order valence-corrected chi connectivity index (χ0v) is 11.2. The maximum atomic E-state index is 13.2. The fourth-order valence-electron chi connectivity index (χ4n) is 1.64. The number of nitrogens with two attached hydrogens (primary N) is 1. The number of nitrogens with one attached hydrogen (secondary N) is 1. The summed E-state index contributed by atoms with van der Waals surface area (Å²) in [6, 6.07) is 7.13. The van der Waals surface area contributed by atoms with Gasteiger partial charge < -0.3 is 10.5 Å². The minimum absolute atomic E-state index is 0.00993. The predicted molar refractivity (Wildman–Crippen MR) is 75.6 cm³/mol. The van der Waals surface area contributed by atoms with Crippen LogP contribution in [0.5, 0.6) is 11.5 Å². The molecule has 2 aromatic carbocycles. The third-order valence-electron chi connectivity index (χ3n) is 2.57. The number of nitro benzene ring substituents is 1. The van der Waals surface area contributed by atoms with Crippen LogP contribution in [-0.2, 0) is 0 Å². The zero-order chi connectivity index (χ0) is 15.6. The molecule has 0 aliphatic rings. The lowest BCUT2D eigenvalue weighted by molar-refractivity contribution is -0.385. The fourth-order valence-corrected chi connectivity index (χ4v) is 1.80. The summed E-state index contributed by atoms with van der Waals surface area (Å²) in [5, 5.41) is 18.6. The van der Waals surface area contributed by atoms with Crippen LogP contribution in [0.15, 0.2) is 36.4 Å². The highest BCUT2D eigenvalue weighted by Crippen LogP contribution is 2.35. The van der Waals surface area contributed by atoms with Gasteiger partial charge in [0.25, 0.3) is 0 Å². The van der Waals surface area contributed by atoms with E-state index >= 15 is 0 Å². The quantitative estimate of drug-likeness (QED) is 0.390. The Morgan fingerprint density at radius 1 is 1.29 bits per heavy atom. The molecule has 0 bridgehead atoms. The molecule has 3 N–H and O–H groups in total. The molecule has 108 valence electrons. The second kappa shape index (κ2) is 5.76. The van der Waals surface area contributed by atoms with Gasteiger partial charge >= 0.3 is 5.69 Å². The summed E-state index contributed by atoms with van der Waals surface area (Å²) in [6.45, 7) is 0. The summed E-state index contributed by atoms with van der Waals surface area (Å²) < 4.78 is 18.6. The van der Waals surface area contributed by atoms with E-state index in [9.17, 15) is 14.5 Å². The number of benzene rings is 2. The van der Waals surface area contributed by atoms with Crippen LogP contribution < -0.4 is 10.5 Å². The topological polar surface area (TPSA) is 102 Å². The molecule has 0 aromatic heterocycles. The first-order valence-electron chi connectivity index (χ1n) is 5.64. The highest BCUT2D eigenvalue weighted by atomic mass is 35.5. The maximum Gasteiger partial charge on any atom is 0.311 e. The van der Waals surface area contributed by atoms with Crippen molar-refractivity contribution in [3.63, 3.8) is 0 Å². The summed E-state index contributed by atoms with van der Waals surface area (Å²) >= 11 is 5.79. The van der Waals surface area contributed by atoms with Gasteiger partial charge in [-0.3, -0.25) is 15.5 Å². The molecule has 2 rings (SSSR count). The van der Waals surface area contributed by atoms with Gasteiger partial charge in [-0.25, -0.2) is 4.39 Å². The van der Waals surface area contributed by atoms with E-state index in [4.69, 9.17) is 27.5 Å². The summed E-state index contributed by atoms with van der Waals surface area (Å²) in [5.41, 5.74) is 5.02. The first-order valence-corrected chi connectivity index (χ1v) is 6.02. The van der Waals surface area contributed by atoms with Crippen molar-refractivity contribution in [3.05, 3.63) is 62.9 Å². The molecule has 6 nitrogen and oxygen atoms in total. The Morgan fingerprint density at radius 3 is 2.62 bits per heavy atom. The van der Waals surface area contributed by atoms with Crippen molar-refractivity contribution in [2.45, 2.75) is 0 Å². The fraction of sp³-hybridized carbons (Fsp3) is 0. The molecule has 0 spiro atoms. The van der Waals surface area contributed by atoms with Gasteiger partial charge in [0.1, 0.15) is 17.4 Å². The average molecular weight is 310 g/mol. The Bertz CT molecular complexity index is 737. The van der Waals surface area contributed by atoms with Crippen molar-refractivity contribution < 1.29 is 14.1 Å². The van der Waals surface area contributed by atoms with Crippen molar-refractivity contribution in [3.8, 4) is 11.5 Å². The van der Waals surface area contributed by atoms with Gasteiger partial charge in [-0.15, -0.1) is 0 Å². The molecule has 21 heavy (non-hydrogen) atoms. The molecular weight excluding hydrogens is 301 g/mol. The van der Waals surface area contributed by atoms with Gasteiger partial charge in [-0.2, -0.15) is 0 Å². The van der Waals surface area contributed by atoms with Crippen LogP contribution >= 0.6 is 11.6 Å². The lowest BCUT2D eigenvalue weighted by atomic mass is 10.2. The van der Waals surface area contributed by atoms with Crippen LogP contribution in [-0.4, -0.2) is 10.8 Å². The Kier molecular flexibility index (Phi) is 4.04. The molecule has 0 heterocycles. The minimum Gasteiger partial charge on any atom is -0.449 e. The van der Waals surface area contributed by atoms with Crippen LogP contribution in [0.3, 0.4) is 0 Å². The monoisotopic (exact) mass is 309 g/mol. The Labute approximate surface area is 123 Å². The Morgan fingerprint density at radius 2 is 2.00 bits per heavy atom. The Balaban J connectivity index is 2.50. The number of hydrogen-bond acceptors (Lipinski definition) is 4. The van der Waals surface area contributed by atoms with Crippen LogP contribution in [0, 0.1) is 21.3 Å². The molecule has 8 heteroatoms. The minimum atomic E-state index is -0.636. The van der Waals surface area contributed by atoms with Crippen LogP contribution in [0.25, 0.3) is 0 Å². The number of hydrogen-bond donors (Lipinski definition) is 2. The van der Waals surface area contributed by atoms with Crippen molar-refractivity contribution >= 4 is 23.1 Å². The van der Waals surface area contributed by atoms with Gasteiger partial charge in [0.15, 0.2) is 0 Å². The van der Waals surface area contributed by atoms with Crippen molar-refractivity contribution in [2.75, 3.05) is 0 Å². The number of halogens is 2. The van der Waals surface area contributed by atoms with Crippen molar-refractivity contribution in [2.24, 2.45) is 5.73 Å². The van der Waals surface area contributed by atoms with Gasteiger partial charge in [-0.05, 0) is 24.3 Å². The standard InChI is InChI=1S/C13H9ClFN3O3/c14-7-1-3-10(18(19)20)12(5-7)21-11-4-2-8(15)6-9(11)13(16)17/h1-6H,(H3,16,17). The number of ether oxygens (including phenoxy) is 1. The number of nitro groups is 1. The third kappa shape index (κ3) is 3.26. The molecule has 2 aromatic rings. The van der Waals surface area contributed by atoms with E-state index in [2.05, 4.69) is 0 Å². The van der Waals surface area contributed by atoms with Gasteiger partial charge in [0, 0.05) is 17.2 Å². The lowest BCUT2D eigenvalue weighted by Gasteiger charge is -2.10. The average Bonchev–Trinajstić information content (AvgIpc) is 2.40. The first-order chi connectivity index (χ1) is 9.88. The molecule has 0 unspecified atom stereocenters. The number of rotatable bonds is 4. The third-order valence-corrected chi connectivity index (χ3v) is 2.81.